The van der Waals surface area contributed by atoms with Gasteiger partial charge in [-0.2, -0.15) is 0 Å². The van der Waals surface area contributed by atoms with E-state index in [1.54, 1.807) is 30.7 Å². The zero-order chi connectivity index (χ0) is 19.8. The van der Waals surface area contributed by atoms with Crippen LogP contribution in [0.25, 0.3) is 28.0 Å². The molecule has 4 heterocycles. The quantitative estimate of drug-likeness (QED) is 0.575. The number of ether oxygens (including phenoxy) is 1. The molecule has 1 aliphatic heterocycles. The number of halogens is 1. The average Bonchev–Trinajstić information content (AvgIpc) is 3.20. The van der Waals surface area contributed by atoms with Gasteiger partial charge in [0.1, 0.15) is 5.82 Å². The summed E-state index contributed by atoms with van der Waals surface area (Å²) >= 11 is 0. The number of aromatic nitrogens is 5. The van der Waals surface area contributed by atoms with E-state index in [0.29, 0.717) is 41.6 Å². The molecule has 0 amide bonds. The molecule has 0 unspecified atom stereocenters. The Morgan fingerprint density at radius 1 is 1.03 bits per heavy atom. The molecular formula is C20H17FN6O2. The van der Waals surface area contributed by atoms with Crippen molar-refractivity contribution in [2.24, 2.45) is 0 Å². The minimum atomic E-state index is -0.322. The predicted molar refractivity (Wildman–Crippen MR) is 105 cm³/mol. The van der Waals surface area contributed by atoms with Crippen molar-refractivity contribution in [3.8, 4) is 22.4 Å². The molecule has 1 saturated heterocycles. The highest BCUT2D eigenvalue weighted by atomic mass is 19.1. The largest absolute Gasteiger partial charge is 0.378 e. The number of nitrogens with one attached hydrogen (secondary N) is 1. The molecule has 0 spiro atoms. The minimum Gasteiger partial charge on any atom is -0.378 e. The molecule has 4 aromatic rings. The number of hydrogen-bond donors (Lipinski definition) is 1. The van der Waals surface area contributed by atoms with E-state index < -0.39 is 0 Å². The highest BCUT2D eigenvalue weighted by Gasteiger charge is 2.15. The van der Waals surface area contributed by atoms with Crippen LogP contribution in [0.15, 0.2) is 53.7 Å². The zero-order valence-corrected chi connectivity index (χ0v) is 15.4. The summed E-state index contributed by atoms with van der Waals surface area (Å²) in [6.07, 6.45) is 5.01. The molecule has 1 N–H and O–H groups in total. The molecule has 9 heteroatoms. The van der Waals surface area contributed by atoms with Crippen LogP contribution in [-0.4, -0.2) is 50.9 Å². The summed E-state index contributed by atoms with van der Waals surface area (Å²) in [5.41, 5.74) is 2.79. The van der Waals surface area contributed by atoms with Gasteiger partial charge in [0.05, 0.1) is 18.9 Å². The van der Waals surface area contributed by atoms with Crippen LogP contribution in [0.3, 0.4) is 0 Å². The van der Waals surface area contributed by atoms with Crippen molar-refractivity contribution in [3.63, 3.8) is 0 Å². The lowest BCUT2D eigenvalue weighted by molar-refractivity contribution is 0.122. The Hall–Kier alpha value is -3.59. The molecule has 0 saturated carbocycles. The zero-order valence-electron chi connectivity index (χ0n) is 15.4. The van der Waals surface area contributed by atoms with Crippen LogP contribution in [0.1, 0.15) is 0 Å². The van der Waals surface area contributed by atoms with E-state index >= 15 is 0 Å². The molecule has 0 aliphatic carbocycles. The highest BCUT2D eigenvalue weighted by Crippen LogP contribution is 2.25. The fourth-order valence-corrected chi connectivity index (χ4v) is 3.35. The Morgan fingerprint density at radius 3 is 2.48 bits per heavy atom. The number of aromatic amines is 1. The lowest BCUT2D eigenvalue weighted by Crippen LogP contribution is -2.37. The van der Waals surface area contributed by atoms with E-state index in [4.69, 9.17) is 4.74 Å². The van der Waals surface area contributed by atoms with E-state index in [-0.39, 0.29) is 11.4 Å². The minimum absolute atomic E-state index is 0.254. The Labute approximate surface area is 164 Å². The SMILES string of the molecule is O=c1cc(-c2cnc(N3CCOCC3)nc2)nc2c(-c3ccc(F)cc3)c[nH]n12. The maximum absolute atomic E-state index is 13.3. The van der Waals surface area contributed by atoms with Gasteiger partial charge < -0.3 is 9.64 Å². The molecule has 1 aromatic carbocycles. The smallest absolute Gasteiger partial charge is 0.273 e. The third-order valence-corrected chi connectivity index (χ3v) is 4.88. The highest BCUT2D eigenvalue weighted by molar-refractivity contribution is 5.78. The fraction of sp³-hybridized carbons (Fsp3) is 0.200. The number of H-pyrrole nitrogens is 1. The van der Waals surface area contributed by atoms with E-state index in [1.807, 2.05) is 0 Å². The average molecular weight is 392 g/mol. The predicted octanol–water partition coefficient (Wildman–Crippen LogP) is 2.12. The second-order valence-electron chi connectivity index (χ2n) is 6.70. The molecule has 3 aromatic heterocycles. The molecule has 5 rings (SSSR count). The van der Waals surface area contributed by atoms with Crippen molar-refractivity contribution in [1.82, 2.24) is 24.6 Å². The van der Waals surface area contributed by atoms with E-state index in [9.17, 15) is 9.18 Å². The second-order valence-corrected chi connectivity index (χ2v) is 6.70. The lowest BCUT2D eigenvalue weighted by atomic mass is 10.1. The molecule has 0 radical (unpaired) electrons. The summed E-state index contributed by atoms with van der Waals surface area (Å²) in [4.78, 5) is 28.1. The number of nitrogens with zero attached hydrogens (tertiary/aromatic N) is 5. The van der Waals surface area contributed by atoms with Gasteiger partial charge in [0.2, 0.25) is 5.95 Å². The molecule has 1 fully saturated rings. The van der Waals surface area contributed by atoms with E-state index in [1.165, 1.54) is 22.7 Å². The van der Waals surface area contributed by atoms with E-state index in [0.717, 1.165) is 18.7 Å². The standard InChI is InChI=1S/C20H17FN6O2/c21-15-3-1-13(2-4-15)16-12-24-27-18(28)9-17(25-19(16)27)14-10-22-20(23-11-14)26-5-7-29-8-6-26/h1-4,9-12,24H,5-8H2. The van der Waals surface area contributed by atoms with Gasteiger partial charge in [0.15, 0.2) is 5.65 Å². The first kappa shape index (κ1) is 17.5. The van der Waals surface area contributed by atoms with Crippen molar-refractivity contribution in [2.45, 2.75) is 0 Å². The third-order valence-electron chi connectivity index (χ3n) is 4.88. The number of rotatable bonds is 3. The summed E-state index contributed by atoms with van der Waals surface area (Å²) in [6.45, 7) is 2.80. The molecule has 29 heavy (non-hydrogen) atoms. The lowest BCUT2D eigenvalue weighted by Gasteiger charge is -2.26. The van der Waals surface area contributed by atoms with Gasteiger partial charge in [-0.05, 0) is 17.7 Å². The summed E-state index contributed by atoms with van der Waals surface area (Å²) < 4.78 is 20.0. The third kappa shape index (κ3) is 3.25. The number of hydrogen-bond acceptors (Lipinski definition) is 6. The van der Waals surface area contributed by atoms with Crippen molar-refractivity contribution in [1.29, 1.82) is 0 Å². The summed E-state index contributed by atoms with van der Waals surface area (Å²) in [5, 5.41) is 2.90. The fourth-order valence-electron chi connectivity index (χ4n) is 3.35. The van der Waals surface area contributed by atoms with Gasteiger partial charge in [0.25, 0.3) is 5.56 Å². The molecule has 0 bridgehead atoms. The normalized spacial score (nSPS) is 14.4. The van der Waals surface area contributed by atoms with E-state index in [2.05, 4.69) is 25.0 Å². The van der Waals surface area contributed by atoms with Crippen molar-refractivity contribution in [2.75, 3.05) is 31.2 Å². The van der Waals surface area contributed by atoms with Gasteiger partial charge in [0, 0.05) is 48.9 Å². The molecular weight excluding hydrogens is 375 g/mol. The Bertz CT molecular complexity index is 1210. The Kier molecular flexibility index (Phi) is 4.28. The van der Waals surface area contributed by atoms with Crippen LogP contribution >= 0.6 is 0 Å². The van der Waals surface area contributed by atoms with Gasteiger partial charge >= 0.3 is 0 Å². The maximum Gasteiger partial charge on any atom is 0.273 e. The number of morpholine rings is 1. The van der Waals surface area contributed by atoms with Crippen LogP contribution in [0.5, 0.6) is 0 Å². The van der Waals surface area contributed by atoms with Crippen molar-refractivity contribution in [3.05, 3.63) is 65.1 Å². The van der Waals surface area contributed by atoms with Crippen LogP contribution in [0, 0.1) is 5.82 Å². The maximum atomic E-state index is 13.3. The summed E-state index contributed by atoms with van der Waals surface area (Å²) in [7, 11) is 0. The Morgan fingerprint density at radius 2 is 1.76 bits per heavy atom. The number of anilines is 1. The Balaban J connectivity index is 1.54. The van der Waals surface area contributed by atoms with Crippen LogP contribution in [0.4, 0.5) is 10.3 Å². The van der Waals surface area contributed by atoms with Crippen LogP contribution < -0.4 is 10.5 Å². The topological polar surface area (TPSA) is 88.4 Å². The molecule has 0 atom stereocenters. The number of fused-ring (bicyclic) bond motifs is 1. The van der Waals surface area contributed by atoms with Gasteiger partial charge in [-0.25, -0.2) is 23.9 Å². The van der Waals surface area contributed by atoms with Gasteiger partial charge in [-0.3, -0.25) is 9.89 Å². The van der Waals surface area contributed by atoms with Crippen molar-refractivity contribution >= 4 is 11.6 Å². The first-order valence-corrected chi connectivity index (χ1v) is 9.21. The first-order valence-electron chi connectivity index (χ1n) is 9.21. The molecule has 146 valence electrons. The first-order chi connectivity index (χ1) is 14.2. The summed E-state index contributed by atoms with van der Waals surface area (Å²) in [5.74, 6) is 0.306. The molecule has 8 nitrogen and oxygen atoms in total. The summed E-state index contributed by atoms with van der Waals surface area (Å²) in [6, 6.07) is 7.48. The van der Waals surface area contributed by atoms with Crippen molar-refractivity contribution < 1.29 is 9.13 Å². The van der Waals surface area contributed by atoms with Crippen LogP contribution in [-0.2, 0) is 4.74 Å². The van der Waals surface area contributed by atoms with Gasteiger partial charge in [-0.15, -0.1) is 0 Å². The van der Waals surface area contributed by atoms with Gasteiger partial charge in [-0.1, -0.05) is 12.1 Å². The second kappa shape index (κ2) is 7.10. The monoisotopic (exact) mass is 392 g/mol. The molecule has 1 aliphatic rings. The number of benzene rings is 1. The van der Waals surface area contributed by atoms with Crippen LogP contribution in [0.2, 0.25) is 0 Å².